The molecule has 132 valence electrons. The van der Waals surface area contributed by atoms with Crippen molar-refractivity contribution in [1.82, 2.24) is 10.6 Å². The molecule has 0 amide bonds. The highest BCUT2D eigenvalue weighted by molar-refractivity contribution is 14.0. The molecule has 1 unspecified atom stereocenters. The first-order chi connectivity index (χ1) is 10.8. The summed E-state index contributed by atoms with van der Waals surface area (Å²) in [6, 6.07) is 10.7. The molecule has 0 aliphatic carbocycles. The molecule has 0 saturated carbocycles. The van der Waals surface area contributed by atoms with Gasteiger partial charge in [-0.2, -0.15) is 11.8 Å². The summed E-state index contributed by atoms with van der Waals surface area (Å²) in [5.74, 6) is 2.68. The predicted molar refractivity (Wildman–Crippen MR) is 116 cm³/mol. The van der Waals surface area contributed by atoms with E-state index in [0.29, 0.717) is 5.92 Å². The molecule has 23 heavy (non-hydrogen) atoms. The van der Waals surface area contributed by atoms with Crippen molar-refractivity contribution in [1.29, 1.82) is 0 Å². The zero-order chi connectivity index (χ0) is 16.0. The number of hydrogen-bond acceptors (Lipinski definition) is 2. The normalized spacial score (nSPS) is 12.4. The molecule has 1 atom stereocenters. The van der Waals surface area contributed by atoms with E-state index in [2.05, 4.69) is 61.1 Å². The molecule has 0 heterocycles. The summed E-state index contributed by atoms with van der Waals surface area (Å²) in [6.45, 7) is 7.07. The van der Waals surface area contributed by atoms with E-state index in [0.717, 1.165) is 32.0 Å². The number of benzene rings is 1. The molecule has 5 heteroatoms. The van der Waals surface area contributed by atoms with Crippen molar-refractivity contribution in [3.05, 3.63) is 35.9 Å². The Morgan fingerprint density at radius 3 is 2.48 bits per heavy atom. The van der Waals surface area contributed by atoms with Gasteiger partial charge >= 0.3 is 0 Å². The molecule has 0 radical (unpaired) electrons. The van der Waals surface area contributed by atoms with Crippen LogP contribution in [0.3, 0.4) is 0 Å². The Labute approximate surface area is 163 Å². The molecule has 3 nitrogen and oxygen atoms in total. The van der Waals surface area contributed by atoms with Gasteiger partial charge in [-0.25, -0.2) is 0 Å². The van der Waals surface area contributed by atoms with Crippen LogP contribution in [0, 0.1) is 0 Å². The Kier molecular flexibility index (Phi) is 14.8. The molecular weight excluding hydrogens is 417 g/mol. The molecule has 0 aliphatic rings. The highest BCUT2D eigenvalue weighted by Gasteiger charge is 2.08. The van der Waals surface area contributed by atoms with Crippen molar-refractivity contribution >= 4 is 41.7 Å². The van der Waals surface area contributed by atoms with Crippen LogP contribution < -0.4 is 10.6 Å². The quantitative estimate of drug-likeness (QED) is 0.239. The second-order valence-corrected chi connectivity index (χ2v) is 6.35. The third-order valence-electron chi connectivity index (χ3n) is 3.65. The average Bonchev–Trinajstić information content (AvgIpc) is 2.56. The van der Waals surface area contributed by atoms with Crippen molar-refractivity contribution in [2.24, 2.45) is 4.99 Å². The van der Waals surface area contributed by atoms with Crippen molar-refractivity contribution in [3.8, 4) is 0 Å². The summed E-state index contributed by atoms with van der Waals surface area (Å²) in [4.78, 5) is 4.77. The van der Waals surface area contributed by atoms with E-state index in [4.69, 9.17) is 4.99 Å². The largest absolute Gasteiger partial charge is 0.357 e. The molecule has 1 rings (SSSR count). The number of thioether (sulfide) groups is 1. The highest BCUT2D eigenvalue weighted by Crippen LogP contribution is 2.19. The van der Waals surface area contributed by atoms with E-state index >= 15 is 0 Å². The van der Waals surface area contributed by atoms with Gasteiger partial charge < -0.3 is 10.6 Å². The second kappa shape index (κ2) is 15.1. The van der Waals surface area contributed by atoms with Gasteiger partial charge in [-0.15, -0.1) is 24.0 Å². The minimum atomic E-state index is 0. The SMILES string of the molecule is CCNC(=NCC(CC)c1ccccc1)NCCCCSC.I. The zero-order valence-corrected chi connectivity index (χ0v) is 17.8. The van der Waals surface area contributed by atoms with Gasteiger partial charge in [0.2, 0.25) is 0 Å². The van der Waals surface area contributed by atoms with Crippen LogP contribution >= 0.6 is 35.7 Å². The number of guanidine groups is 1. The molecule has 1 aromatic rings. The smallest absolute Gasteiger partial charge is 0.191 e. The molecule has 1 aromatic carbocycles. The van der Waals surface area contributed by atoms with Gasteiger partial charge in [0.05, 0.1) is 0 Å². The molecular formula is C18H32IN3S. The monoisotopic (exact) mass is 449 g/mol. The van der Waals surface area contributed by atoms with Gasteiger partial charge in [-0.3, -0.25) is 4.99 Å². The summed E-state index contributed by atoms with van der Waals surface area (Å²) < 4.78 is 0. The maximum absolute atomic E-state index is 4.77. The first-order valence-corrected chi connectivity index (χ1v) is 9.77. The Bertz CT molecular complexity index is 412. The van der Waals surface area contributed by atoms with Crippen molar-refractivity contribution in [3.63, 3.8) is 0 Å². The molecule has 0 aliphatic heterocycles. The Balaban J connectivity index is 0.00000484. The lowest BCUT2D eigenvalue weighted by molar-refractivity contribution is 0.664. The third-order valence-corrected chi connectivity index (χ3v) is 4.34. The number of nitrogens with zero attached hydrogens (tertiary/aromatic N) is 1. The van der Waals surface area contributed by atoms with Gasteiger partial charge in [0.15, 0.2) is 5.96 Å². The first kappa shape index (κ1) is 22.6. The number of rotatable bonds is 10. The molecule has 0 bridgehead atoms. The minimum absolute atomic E-state index is 0. The number of halogens is 1. The van der Waals surface area contributed by atoms with Crippen LogP contribution in [0.2, 0.25) is 0 Å². The third kappa shape index (κ3) is 10.1. The molecule has 0 fully saturated rings. The van der Waals surface area contributed by atoms with E-state index in [1.807, 2.05) is 11.8 Å². The van der Waals surface area contributed by atoms with Crippen LogP contribution in [0.15, 0.2) is 35.3 Å². The molecule has 0 spiro atoms. The van der Waals surface area contributed by atoms with Gasteiger partial charge in [-0.1, -0.05) is 37.3 Å². The predicted octanol–water partition coefficient (Wildman–Crippen LogP) is 4.50. The lowest BCUT2D eigenvalue weighted by Gasteiger charge is -2.15. The maximum atomic E-state index is 4.77. The molecule has 0 saturated heterocycles. The lowest BCUT2D eigenvalue weighted by Crippen LogP contribution is -2.38. The van der Waals surface area contributed by atoms with E-state index in [1.165, 1.54) is 24.2 Å². The average molecular weight is 449 g/mol. The van der Waals surface area contributed by atoms with Crippen LogP contribution in [-0.4, -0.2) is 37.6 Å². The van der Waals surface area contributed by atoms with Gasteiger partial charge in [-0.05, 0) is 43.8 Å². The van der Waals surface area contributed by atoms with Crippen molar-refractivity contribution < 1.29 is 0 Å². The summed E-state index contributed by atoms with van der Waals surface area (Å²) in [7, 11) is 0. The van der Waals surface area contributed by atoms with E-state index in [9.17, 15) is 0 Å². The Hall–Kier alpha value is -0.430. The minimum Gasteiger partial charge on any atom is -0.357 e. The molecule has 2 N–H and O–H groups in total. The van der Waals surface area contributed by atoms with Gasteiger partial charge in [0.25, 0.3) is 0 Å². The Morgan fingerprint density at radius 1 is 1.13 bits per heavy atom. The topological polar surface area (TPSA) is 36.4 Å². The van der Waals surface area contributed by atoms with Crippen LogP contribution in [-0.2, 0) is 0 Å². The van der Waals surface area contributed by atoms with E-state index in [1.54, 1.807) is 0 Å². The Morgan fingerprint density at radius 2 is 1.87 bits per heavy atom. The number of nitrogens with one attached hydrogen (secondary N) is 2. The fraction of sp³-hybridized carbons (Fsp3) is 0.611. The summed E-state index contributed by atoms with van der Waals surface area (Å²) >= 11 is 1.91. The van der Waals surface area contributed by atoms with Gasteiger partial charge in [0, 0.05) is 25.6 Å². The number of unbranched alkanes of at least 4 members (excludes halogenated alkanes) is 1. The first-order valence-electron chi connectivity index (χ1n) is 8.37. The van der Waals surface area contributed by atoms with Gasteiger partial charge in [0.1, 0.15) is 0 Å². The fourth-order valence-electron chi connectivity index (χ4n) is 2.32. The number of hydrogen-bond donors (Lipinski definition) is 2. The van der Waals surface area contributed by atoms with E-state index in [-0.39, 0.29) is 24.0 Å². The summed E-state index contributed by atoms with van der Waals surface area (Å²) in [6.07, 6.45) is 5.73. The summed E-state index contributed by atoms with van der Waals surface area (Å²) in [5.41, 5.74) is 1.38. The highest BCUT2D eigenvalue weighted by atomic mass is 127. The van der Waals surface area contributed by atoms with Crippen LogP contribution in [0.25, 0.3) is 0 Å². The van der Waals surface area contributed by atoms with Crippen LogP contribution in [0.4, 0.5) is 0 Å². The fourth-order valence-corrected chi connectivity index (χ4v) is 2.81. The van der Waals surface area contributed by atoms with Crippen molar-refractivity contribution in [2.75, 3.05) is 31.6 Å². The van der Waals surface area contributed by atoms with E-state index < -0.39 is 0 Å². The summed E-state index contributed by atoms with van der Waals surface area (Å²) in [5, 5.41) is 6.78. The molecule has 0 aromatic heterocycles. The second-order valence-electron chi connectivity index (χ2n) is 5.36. The standard InChI is InChI=1S/C18H31N3S.HI/c1-4-16(17-11-7-6-8-12-17)15-21-18(19-5-2)20-13-9-10-14-22-3;/h6-8,11-12,16H,4-5,9-10,13-15H2,1-3H3,(H2,19,20,21);1H. The zero-order valence-electron chi connectivity index (χ0n) is 14.7. The number of aliphatic imine (C=N–C) groups is 1. The van der Waals surface area contributed by atoms with Crippen LogP contribution in [0.1, 0.15) is 44.6 Å². The van der Waals surface area contributed by atoms with Crippen LogP contribution in [0.5, 0.6) is 0 Å². The maximum Gasteiger partial charge on any atom is 0.191 e. The lowest BCUT2D eigenvalue weighted by atomic mass is 9.97. The van der Waals surface area contributed by atoms with Crippen molar-refractivity contribution in [2.45, 2.75) is 39.0 Å².